The van der Waals surface area contributed by atoms with E-state index in [9.17, 15) is 9.18 Å². The van der Waals surface area contributed by atoms with Crippen LogP contribution in [0.5, 0.6) is 0 Å². The predicted octanol–water partition coefficient (Wildman–Crippen LogP) is 5.34. The van der Waals surface area contributed by atoms with Crippen molar-refractivity contribution in [3.63, 3.8) is 0 Å². The lowest BCUT2D eigenvalue weighted by Gasteiger charge is -2.25. The number of fused-ring (bicyclic) bond motifs is 2. The number of ether oxygens (including phenoxy) is 1. The molecule has 5 rings (SSSR count). The lowest BCUT2D eigenvalue weighted by atomic mass is 9.90. The second-order valence-corrected chi connectivity index (χ2v) is 8.43. The van der Waals surface area contributed by atoms with Crippen LogP contribution >= 0.6 is 11.3 Å². The third-order valence-electron chi connectivity index (χ3n) is 5.40. The number of nitrogens with one attached hydrogen (secondary N) is 1. The largest absolute Gasteiger partial charge is 0.362 e. The zero-order valence-electron chi connectivity index (χ0n) is 15.0. The van der Waals surface area contributed by atoms with Crippen LogP contribution in [-0.2, 0) is 9.53 Å². The maximum absolute atomic E-state index is 13.5. The van der Waals surface area contributed by atoms with E-state index in [0.29, 0.717) is 5.69 Å². The SMILES string of the molecule is CC1(C)OC(C2C(=O)Nc3cc(F)ccc32)C=C1c1csc2ccccc12. The number of carbonyl (C=O) groups is 1. The molecule has 0 spiro atoms. The summed E-state index contributed by atoms with van der Waals surface area (Å²) in [5.41, 5.74) is 3.05. The molecule has 2 aromatic carbocycles. The van der Waals surface area contributed by atoms with Gasteiger partial charge in [-0.1, -0.05) is 24.3 Å². The van der Waals surface area contributed by atoms with Crippen LogP contribution in [0.4, 0.5) is 10.1 Å². The third kappa shape index (κ3) is 2.53. The van der Waals surface area contributed by atoms with Gasteiger partial charge in [0.15, 0.2) is 0 Å². The van der Waals surface area contributed by atoms with Gasteiger partial charge in [-0.15, -0.1) is 11.3 Å². The molecule has 2 unspecified atom stereocenters. The maximum atomic E-state index is 13.5. The first kappa shape index (κ1) is 16.7. The lowest BCUT2D eigenvalue weighted by molar-refractivity contribution is -0.120. The smallest absolute Gasteiger partial charge is 0.234 e. The molecule has 0 radical (unpaired) electrons. The van der Waals surface area contributed by atoms with Gasteiger partial charge in [0.25, 0.3) is 0 Å². The highest BCUT2D eigenvalue weighted by molar-refractivity contribution is 7.17. The van der Waals surface area contributed by atoms with Gasteiger partial charge in [0.1, 0.15) is 5.82 Å². The molecule has 1 aromatic heterocycles. The molecular weight excluding hydrogens is 361 g/mol. The summed E-state index contributed by atoms with van der Waals surface area (Å²) in [6.07, 6.45) is 1.68. The fourth-order valence-electron chi connectivity index (χ4n) is 4.15. The third-order valence-corrected chi connectivity index (χ3v) is 6.36. The number of rotatable bonds is 2. The van der Waals surface area contributed by atoms with Crippen LogP contribution in [0.25, 0.3) is 15.7 Å². The Morgan fingerprint density at radius 1 is 1.19 bits per heavy atom. The van der Waals surface area contributed by atoms with E-state index < -0.39 is 11.5 Å². The zero-order chi connectivity index (χ0) is 18.8. The second-order valence-electron chi connectivity index (χ2n) is 7.52. The molecule has 2 aliphatic rings. The molecule has 27 heavy (non-hydrogen) atoms. The van der Waals surface area contributed by atoms with Crippen molar-refractivity contribution in [2.45, 2.75) is 31.5 Å². The van der Waals surface area contributed by atoms with Gasteiger partial charge in [-0.25, -0.2) is 4.39 Å². The molecule has 0 saturated heterocycles. The van der Waals surface area contributed by atoms with Crippen molar-refractivity contribution in [2.24, 2.45) is 0 Å². The summed E-state index contributed by atoms with van der Waals surface area (Å²) in [7, 11) is 0. The molecular formula is C22H18FNO2S. The van der Waals surface area contributed by atoms with Gasteiger partial charge < -0.3 is 10.1 Å². The van der Waals surface area contributed by atoms with Crippen LogP contribution in [-0.4, -0.2) is 17.6 Å². The van der Waals surface area contributed by atoms with Crippen molar-refractivity contribution in [2.75, 3.05) is 5.32 Å². The quantitative estimate of drug-likeness (QED) is 0.653. The molecule has 2 aliphatic heterocycles. The number of benzene rings is 2. The van der Waals surface area contributed by atoms with Crippen LogP contribution in [0.15, 0.2) is 53.9 Å². The Morgan fingerprint density at radius 2 is 2.00 bits per heavy atom. The van der Waals surface area contributed by atoms with E-state index in [1.54, 1.807) is 17.4 Å². The van der Waals surface area contributed by atoms with Crippen molar-refractivity contribution in [1.82, 2.24) is 0 Å². The average Bonchev–Trinajstić information content (AvgIpc) is 3.26. The summed E-state index contributed by atoms with van der Waals surface area (Å²) in [6, 6.07) is 12.7. The van der Waals surface area contributed by atoms with Crippen LogP contribution in [0.3, 0.4) is 0 Å². The molecule has 1 amide bonds. The van der Waals surface area contributed by atoms with Crippen molar-refractivity contribution < 1.29 is 13.9 Å². The van der Waals surface area contributed by atoms with E-state index in [1.807, 2.05) is 26.0 Å². The molecule has 0 bridgehead atoms. The van der Waals surface area contributed by atoms with E-state index in [-0.39, 0.29) is 17.8 Å². The van der Waals surface area contributed by atoms with Gasteiger partial charge in [0, 0.05) is 15.8 Å². The average molecular weight is 379 g/mol. The molecule has 0 fully saturated rings. The van der Waals surface area contributed by atoms with E-state index in [1.165, 1.54) is 22.2 Å². The Morgan fingerprint density at radius 3 is 2.85 bits per heavy atom. The predicted molar refractivity (Wildman–Crippen MR) is 107 cm³/mol. The van der Waals surface area contributed by atoms with Crippen LogP contribution in [0.2, 0.25) is 0 Å². The van der Waals surface area contributed by atoms with Crippen molar-refractivity contribution in [3.8, 4) is 0 Å². The normalized spacial score (nSPS) is 23.4. The zero-order valence-corrected chi connectivity index (χ0v) is 15.8. The van der Waals surface area contributed by atoms with E-state index in [0.717, 1.165) is 16.7 Å². The van der Waals surface area contributed by atoms with Crippen molar-refractivity contribution >= 4 is 38.6 Å². The standard InChI is InChI=1S/C22H18FNO2S/c1-22(2)16(15-11-27-19-6-4-3-5-13(15)19)10-18(26-22)20-14-8-7-12(23)9-17(14)24-21(20)25/h3-11,18,20H,1-2H3,(H,24,25). The van der Waals surface area contributed by atoms with Crippen LogP contribution < -0.4 is 5.32 Å². The van der Waals surface area contributed by atoms with Gasteiger partial charge in [-0.2, -0.15) is 0 Å². The number of anilines is 1. The Labute approximate surface area is 160 Å². The second kappa shape index (κ2) is 5.75. The first-order valence-corrected chi connectivity index (χ1v) is 9.79. The van der Waals surface area contributed by atoms with Crippen molar-refractivity contribution in [3.05, 3.63) is 70.9 Å². The van der Waals surface area contributed by atoms with E-state index in [4.69, 9.17) is 4.74 Å². The van der Waals surface area contributed by atoms with Gasteiger partial charge in [-0.05, 0) is 60.2 Å². The highest BCUT2D eigenvalue weighted by Crippen LogP contribution is 2.47. The Hall–Kier alpha value is -2.50. The number of carbonyl (C=O) groups excluding carboxylic acids is 1. The first-order valence-electron chi connectivity index (χ1n) is 8.91. The number of amides is 1. The number of hydrogen-bond donors (Lipinski definition) is 1. The molecule has 3 heterocycles. The Bertz CT molecular complexity index is 1110. The van der Waals surface area contributed by atoms with Gasteiger partial charge in [0.05, 0.1) is 17.6 Å². The molecule has 3 aromatic rings. The minimum Gasteiger partial charge on any atom is -0.362 e. The molecule has 5 heteroatoms. The number of hydrogen-bond acceptors (Lipinski definition) is 3. The van der Waals surface area contributed by atoms with E-state index >= 15 is 0 Å². The first-order chi connectivity index (χ1) is 12.9. The van der Waals surface area contributed by atoms with Crippen molar-refractivity contribution in [1.29, 1.82) is 0 Å². The minimum atomic E-state index is -0.516. The molecule has 3 nitrogen and oxygen atoms in total. The summed E-state index contributed by atoms with van der Waals surface area (Å²) >= 11 is 1.71. The molecule has 2 atom stereocenters. The van der Waals surface area contributed by atoms with Crippen LogP contribution in [0.1, 0.15) is 30.9 Å². The summed E-state index contributed by atoms with van der Waals surface area (Å²) in [6.45, 7) is 4.06. The van der Waals surface area contributed by atoms with Gasteiger partial charge in [0.2, 0.25) is 5.91 Å². The number of halogens is 1. The fraction of sp³-hybridized carbons (Fsp3) is 0.227. The lowest BCUT2D eigenvalue weighted by Crippen LogP contribution is -2.30. The molecule has 0 saturated carbocycles. The van der Waals surface area contributed by atoms with Gasteiger partial charge in [-0.3, -0.25) is 4.79 Å². The molecule has 136 valence electrons. The topological polar surface area (TPSA) is 38.3 Å². The highest BCUT2D eigenvalue weighted by atomic mass is 32.1. The molecule has 1 N–H and O–H groups in total. The number of thiophene rings is 1. The highest BCUT2D eigenvalue weighted by Gasteiger charge is 2.44. The summed E-state index contributed by atoms with van der Waals surface area (Å²) in [5, 5.41) is 6.14. The molecule has 0 aliphatic carbocycles. The summed E-state index contributed by atoms with van der Waals surface area (Å²) < 4.78 is 21.1. The monoisotopic (exact) mass is 379 g/mol. The van der Waals surface area contributed by atoms with Crippen LogP contribution in [0, 0.1) is 5.82 Å². The Kier molecular flexibility index (Phi) is 3.55. The summed E-state index contributed by atoms with van der Waals surface area (Å²) in [5.74, 6) is -0.977. The minimum absolute atomic E-state index is 0.149. The summed E-state index contributed by atoms with van der Waals surface area (Å²) in [4.78, 5) is 12.6. The fourth-order valence-corrected chi connectivity index (χ4v) is 5.11. The van der Waals surface area contributed by atoms with E-state index in [2.05, 4.69) is 28.9 Å². The Balaban J connectivity index is 1.59. The van der Waals surface area contributed by atoms with Gasteiger partial charge >= 0.3 is 0 Å². The maximum Gasteiger partial charge on any atom is 0.234 e.